The summed E-state index contributed by atoms with van der Waals surface area (Å²) in [6.07, 6.45) is 2.04. The molecule has 0 unspecified atom stereocenters. The number of carbonyl (C=O) groups excluding carboxylic acids is 1. The van der Waals surface area contributed by atoms with Gasteiger partial charge in [0.1, 0.15) is 11.8 Å². The standard InChI is InChI=1S/C17H18N2O5/c1-24-16(21)15(10-12-2-4-14(20)5-3-12)19(17(22)23)11-13-6-8-18-9-7-13/h2-9,15,20H,10-11H2,1H3,(H,22,23)/t15-/m0/s1. The lowest BCUT2D eigenvalue weighted by molar-refractivity contribution is -0.146. The van der Waals surface area contributed by atoms with E-state index in [0.29, 0.717) is 11.1 Å². The molecule has 0 saturated heterocycles. The van der Waals surface area contributed by atoms with Gasteiger partial charge >= 0.3 is 12.1 Å². The molecule has 1 aromatic carbocycles. The van der Waals surface area contributed by atoms with Crippen LogP contribution < -0.4 is 0 Å². The quantitative estimate of drug-likeness (QED) is 0.786. The number of phenolic OH excluding ortho intramolecular Hbond substituents is 1. The molecule has 0 radical (unpaired) electrons. The highest BCUT2D eigenvalue weighted by Crippen LogP contribution is 2.17. The minimum absolute atomic E-state index is 0.0374. The van der Waals surface area contributed by atoms with Crippen LogP contribution in [0.25, 0.3) is 0 Å². The van der Waals surface area contributed by atoms with E-state index in [4.69, 9.17) is 4.74 Å². The molecule has 2 rings (SSSR count). The molecular weight excluding hydrogens is 312 g/mol. The Bertz CT molecular complexity index is 688. The van der Waals surface area contributed by atoms with Crippen molar-refractivity contribution < 1.29 is 24.5 Å². The van der Waals surface area contributed by atoms with Gasteiger partial charge in [0.15, 0.2) is 0 Å². The number of carboxylic acid groups (broad SMARTS) is 1. The molecule has 1 amide bonds. The van der Waals surface area contributed by atoms with Crippen LogP contribution in [0, 0.1) is 0 Å². The molecule has 0 aliphatic carbocycles. The van der Waals surface area contributed by atoms with E-state index in [2.05, 4.69) is 4.98 Å². The molecule has 2 N–H and O–H groups in total. The van der Waals surface area contributed by atoms with Crippen LogP contribution in [0.5, 0.6) is 5.75 Å². The number of phenols is 1. The van der Waals surface area contributed by atoms with E-state index in [0.717, 1.165) is 4.90 Å². The number of methoxy groups -OCH3 is 1. The molecule has 1 heterocycles. The van der Waals surface area contributed by atoms with E-state index in [1.54, 1.807) is 36.7 Å². The van der Waals surface area contributed by atoms with E-state index in [-0.39, 0.29) is 18.7 Å². The van der Waals surface area contributed by atoms with Crippen molar-refractivity contribution in [3.63, 3.8) is 0 Å². The first kappa shape index (κ1) is 17.3. The maximum atomic E-state index is 12.1. The molecule has 2 aromatic rings. The summed E-state index contributed by atoms with van der Waals surface area (Å²) in [4.78, 5) is 28.7. The van der Waals surface area contributed by atoms with Crippen LogP contribution in [0.2, 0.25) is 0 Å². The molecular formula is C17H18N2O5. The Balaban J connectivity index is 2.26. The third kappa shape index (κ3) is 4.45. The number of hydrogen-bond donors (Lipinski definition) is 2. The molecule has 7 nitrogen and oxygen atoms in total. The number of nitrogens with zero attached hydrogens (tertiary/aromatic N) is 2. The molecule has 0 fully saturated rings. The maximum Gasteiger partial charge on any atom is 0.408 e. The predicted octanol–water partition coefficient (Wildman–Crippen LogP) is 2.05. The number of pyridine rings is 1. The summed E-state index contributed by atoms with van der Waals surface area (Å²) in [6.45, 7) is 0.0374. The molecule has 126 valence electrons. The minimum Gasteiger partial charge on any atom is -0.508 e. The van der Waals surface area contributed by atoms with Crippen LogP contribution in [0.4, 0.5) is 4.79 Å². The highest BCUT2D eigenvalue weighted by atomic mass is 16.5. The van der Waals surface area contributed by atoms with Gasteiger partial charge in [0, 0.05) is 18.8 Å². The van der Waals surface area contributed by atoms with Gasteiger partial charge in [0.2, 0.25) is 0 Å². The van der Waals surface area contributed by atoms with Gasteiger partial charge in [-0.1, -0.05) is 12.1 Å². The number of amides is 1. The Morgan fingerprint density at radius 2 is 1.75 bits per heavy atom. The average molecular weight is 330 g/mol. The lowest BCUT2D eigenvalue weighted by atomic mass is 10.0. The number of carbonyl (C=O) groups is 2. The predicted molar refractivity (Wildman–Crippen MR) is 85.4 cm³/mol. The zero-order valence-corrected chi connectivity index (χ0v) is 13.1. The van der Waals surface area contributed by atoms with E-state index < -0.39 is 18.1 Å². The lowest BCUT2D eigenvalue weighted by Gasteiger charge is -2.27. The third-order valence-corrected chi connectivity index (χ3v) is 3.56. The second kappa shape index (κ2) is 7.96. The lowest BCUT2D eigenvalue weighted by Crippen LogP contribution is -2.45. The molecule has 0 aliphatic heterocycles. The number of ether oxygens (including phenoxy) is 1. The van der Waals surface area contributed by atoms with Crippen molar-refractivity contribution >= 4 is 12.1 Å². The van der Waals surface area contributed by atoms with Crippen LogP contribution in [0.3, 0.4) is 0 Å². The SMILES string of the molecule is COC(=O)[C@H](Cc1ccc(O)cc1)N(Cc1ccncc1)C(=O)O. The van der Waals surface area contributed by atoms with Gasteiger partial charge in [-0.2, -0.15) is 0 Å². The minimum atomic E-state index is -1.22. The van der Waals surface area contributed by atoms with E-state index >= 15 is 0 Å². The van der Waals surface area contributed by atoms with E-state index in [9.17, 15) is 19.8 Å². The Morgan fingerprint density at radius 1 is 1.12 bits per heavy atom. The number of esters is 1. The molecule has 1 aromatic heterocycles. The Labute approximate surface area is 139 Å². The van der Waals surface area contributed by atoms with Crippen LogP contribution >= 0.6 is 0 Å². The van der Waals surface area contributed by atoms with Crippen molar-refractivity contribution in [3.05, 3.63) is 59.9 Å². The normalized spacial score (nSPS) is 11.5. The molecule has 1 atom stereocenters. The van der Waals surface area contributed by atoms with Gasteiger partial charge in [-0.25, -0.2) is 9.59 Å². The summed E-state index contributed by atoms with van der Waals surface area (Å²) >= 11 is 0. The fourth-order valence-corrected chi connectivity index (χ4v) is 2.31. The van der Waals surface area contributed by atoms with Crippen molar-refractivity contribution in [2.24, 2.45) is 0 Å². The van der Waals surface area contributed by atoms with Crippen molar-refractivity contribution in [3.8, 4) is 5.75 Å². The topological polar surface area (TPSA) is 100.0 Å². The van der Waals surface area contributed by atoms with Crippen LogP contribution in [0.15, 0.2) is 48.8 Å². The van der Waals surface area contributed by atoms with Gasteiger partial charge in [0.05, 0.1) is 13.7 Å². The monoisotopic (exact) mass is 330 g/mol. The van der Waals surface area contributed by atoms with E-state index in [1.807, 2.05) is 0 Å². The first-order valence-corrected chi connectivity index (χ1v) is 7.25. The van der Waals surface area contributed by atoms with E-state index in [1.165, 1.54) is 19.2 Å². The fourth-order valence-electron chi connectivity index (χ4n) is 2.31. The summed E-state index contributed by atoms with van der Waals surface area (Å²) in [7, 11) is 1.22. The average Bonchev–Trinajstić information content (AvgIpc) is 2.59. The number of hydrogen-bond acceptors (Lipinski definition) is 5. The Kier molecular flexibility index (Phi) is 5.73. The van der Waals surface area contributed by atoms with Crippen molar-refractivity contribution in [1.82, 2.24) is 9.88 Å². The zero-order valence-electron chi connectivity index (χ0n) is 13.1. The summed E-state index contributed by atoms with van der Waals surface area (Å²) in [5.41, 5.74) is 1.43. The molecule has 0 spiro atoms. The van der Waals surface area contributed by atoms with Crippen molar-refractivity contribution in [2.75, 3.05) is 7.11 Å². The molecule has 24 heavy (non-hydrogen) atoms. The molecule has 0 bridgehead atoms. The van der Waals surface area contributed by atoms with Crippen LogP contribution in [-0.4, -0.2) is 45.3 Å². The Hall–Kier alpha value is -3.09. The summed E-state index contributed by atoms with van der Waals surface area (Å²) < 4.78 is 4.77. The third-order valence-electron chi connectivity index (χ3n) is 3.56. The molecule has 0 saturated carbocycles. The largest absolute Gasteiger partial charge is 0.508 e. The number of rotatable bonds is 6. The number of aromatic hydroxyl groups is 1. The van der Waals surface area contributed by atoms with Gasteiger partial charge in [-0.15, -0.1) is 0 Å². The summed E-state index contributed by atoms with van der Waals surface area (Å²) in [6, 6.07) is 8.62. The van der Waals surface area contributed by atoms with Crippen molar-refractivity contribution in [2.45, 2.75) is 19.0 Å². The molecule has 0 aliphatic rings. The number of benzene rings is 1. The van der Waals surface area contributed by atoms with Gasteiger partial charge in [0.25, 0.3) is 0 Å². The smallest absolute Gasteiger partial charge is 0.408 e. The van der Waals surface area contributed by atoms with Crippen molar-refractivity contribution in [1.29, 1.82) is 0 Å². The zero-order chi connectivity index (χ0) is 17.5. The van der Waals surface area contributed by atoms with Crippen LogP contribution in [0.1, 0.15) is 11.1 Å². The second-order valence-electron chi connectivity index (χ2n) is 5.18. The van der Waals surface area contributed by atoms with Crippen LogP contribution in [-0.2, 0) is 22.5 Å². The van der Waals surface area contributed by atoms with Gasteiger partial charge < -0.3 is 14.9 Å². The summed E-state index contributed by atoms with van der Waals surface area (Å²) in [5, 5.41) is 18.9. The van der Waals surface area contributed by atoms with Gasteiger partial charge in [-0.05, 0) is 35.4 Å². The van der Waals surface area contributed by atoms with Gasteiger partial charge in [-0.3, -0.25) is 9.88 Å². The highest BCUT2D eigenvalue weighted by Gasteiger charge is 2.31. The summed E-state index contributed by atoms with van der Waals surface area (Å²) in [5.74, 6) is -0.542. The second-order valence-corrected chi connectivity index (χ2v) is 5.18. The maximum absolute atomic E-state index is 12.1. The Morgan fingerprint density at radius 3 is 2.29 bits per heavy atom. The number of aromatic nitrogens is 1. The fraction of sp³-hybridized carbons (Fsp3) is 0.235. The first-order valence-electron chi connectivity index (χ1n) is 7.25. The molecule has 7 heteroatoms. The highest BCUT2D eigenvalue weighted by molar-refractivity contribution is 5.81. The first-order chi connectivity index (χ1) is 11.5.